The predicted molar refractivity (Wildman–Crippen MR) is 85.5 cm³/mol. The van der Waals surface area contributed by atoms with Gasteiger partial charge < -0.3 is 10.5 Å². The van der Waals surface area contributed by atoms with E-state index < -0.39 is 0 Å². The third kappa shape index (κ3) is 3.61. The van der Waals surface area contributed by atoms with Gasteiger partial charge in [-0.1, -0.05) is 26.8 Å². The van der Waals surface area contributed by atoms with Gasteiger partial charge >= 0.3 is 5.97 Å². The number of carbonyl (C=O) groups is 1. The van der Waals surface area contributed by atoms with Crippen molar-refractivity contribution in [2.45, 2.75) is 39.7 Å². The lowest BCUT2D eigenvalue weighted by Gasteiger charge is -2.14. The minimum Gasteiger partial charge on any atom is -0.455 e. The quantitative estimate of drug-likeness (QED) is 0.694. The Kier molecular flexibility index (Phi) is 4.32. The summed E-state index contributed by atoms with van der Waals surface area (Å²) in [4.78, 5) is 16.6. The zero-order valence-electron chi connectivity index (χ0n) is 12.8. The zero-order chi connectivity index (χ0) is 15.6. The van der Waals surface area contributed by atoms with Crippen molar-refractivity contribution in [1.82, 2.24) is 4.98 Å². The third-order valence-electron chi connectivity index (χ3n) is 3.24. The Morgan fingerprint density at radius 2 is 2.10 bits per heavy atom. The van der Waals surface area contributed by atoms with Gasteiger partial charge in [-0.05, 0) is 24.6 Å². The number of carbonyl (C=O) groups excluding carboxylic acids is 1. The Labute approximate surface area is 129 Å². The summed E-state index contributed by atoms with van der Waals surface area (Å²) in [7, 11) is 0. The summed E-state index contributed by atoms with van der Waals surface area (Å²) in [6.45, 7) is 8.32. The maximum atomic E-state index is 12.1. The largest absolute Gasteiger partial charge is 0.455 e. The molecule has 21 heavy (non-hydrogen) atoms. The topological polar surface area (TPSA) is 65.2 Å². The number of nitrogen functional groups attached to an aromatic ring is 1. The zero-order valence-corrected chi connectivity index (χ0v) is 13.6. The van der Waals surface area contributed by atoms with Gasteiger partial charge in [0.15, 0.2) is 0 Å². The molecule has 0 spiro atoms. The van der Waals surface area contributed by atoms with E-state index in [0.717, 1.165) is 16.3 Å². The molecule has 0 amide bonds. The lowest BCUT2D eigenvalue weighted by Crippen LogP contribution is -2.12. The molecule has 0 saturated carbocycles. The molecule has 0 saturated heterocycles. The number of nitrogens with two attached hydrogens (primary N) is 1. The summed E-state index contributed by atoms with van der Waals surface area (Å²) in [5.41, 5.74) is 8.66. The standard InChI is InChI=1S/C16H20N2O2S/c1-10-11(6-5-7-12(10)17)15(19)20-8-14-18-13(9-21-14)16(2,3)4/h5-7,9H,8,17H2,1-4H3. The number of esters is 1. The normalized spacial score (nSPS) is 11.4. The van der Waals surface area contributed by atoms with Gasteiger partial charge in [0.2, 0.25) is 0 Å². The maximum Gasteiger partial charge on any atom is 0.338 e. The van der Waals surface area contributed by atoms with Crippen LogP contribution in [0.15, 0.2) is 23.6 Å². The van der Waals surface area contributed by atoms with Crippen LogP contribution in [0.4, 0.5) is 5.69 Å². The molecule has 0 atom stereocenters. The molecule has 1 aromatic heterocycles. The van der Waals surface area contributed by atoms with Crippen molar-refractivity contribution < 1.29 is 9.53 Å². The number of anilines is 1. The second-order valence-electron chi connectivity index (χ2n) is 5.97. The molecule has 2 aromatic rings. The number of ether oxygens (including phenoxy) is 1. The van der Waals surface area contributed by atoms with E-state index in [2.05, 4.69) is 25.8 Å². The Balaban J connectivity index is 2.05. The molecule has 0 aliphatic rings. The fourth-order valence-electron chi connectivity index (χ4n) is 1.80. The average Bonchev–Trinajstić information content (AvgIpc) is 2.88. The van der Waals surface area contributed by atoms with Crippen LogP contribution in [0.3, 0.4) is 0 Å². The molecule has 2 N–H and O–H groups in total. The second-order valence-corrected chi connectivity index (χ2v) is 6.92. The van der Waals surface area contributed by atoms with Crippen LogP contribution >= 0.6 is 11.3 Å². The molecule has 0 fully saturated rings. The van der Waals surface area contributed by atoms with E-state index in [1.807, 2.05) is 12.3 Å². The number of aromatic nitrogens is 1. The van der Waals surface area contributed by atoms with Gasteiger partial charge in [0.1, 0.15) is 11.6 Å². The molecule has 5 heteroatoms. The molecule has 0 unspecified atom stereocenters. The lowest BCUT2D eigenvalue weighted by molar-refractivity contribution is 0.0471. The number of thiazole rings is 1. The molecule has 4 nitrogen and oxygen atoms in total. The van der Waals surface area contributed by atoms with Crippen molar-refractivity contribution in [2.24, 2.45) is 0 Å². The van der Waals surface area contributed by atoms with Gasteiger partial charge in [-0.25, -0.2) is 9.78 Å². The van der Waals surface area contributed by atoms with Gasteiger partial charge in [-0.2, -0.15) is 0 Å². The minimum absolute atomic E-state index is 0.00320. The Morgan fingerprint density at radius 1 is 1.38 bits per heavy atom. The van der Waals surface area contributed by atoms with Crippen molar-refractivity contribution in [3.63, 3.8) is 0 Å². The first-order valence-corrected chi connectivity index (χ1v) is 7.64. The van der Waals surface area contributed by atoms with E-state index in [4.69, 9.17) is 10.5 Å². The van der Waals surface area contributed by atoms with E-state index in [9.17, 15) is 4.79 Å². The molecule has 0 bridgehead atoms. The predicted octanol–water partition coefficient (Wildman–Crippen LogP) is 3.69. The highest BCUT2D eigenvalue weighted by atomic mass is 32.1. The molecule has 1 heterocycles. The molecule has 0 radical (unpaired) electrons. The Morgan fingerprint density at radius 3 is 2.71 bits per heavy atom. The van der Waals surface area contributed by atoms with Crippen molar-refractivity contribution in [3.8, 4) is 0 Å². The summed E-state index contributed by atoms with van der Waals surface area (Å²) >= 11 is 1.51. The van der Waals surface area contributed by atoms with E-state index in [1.54, 1.807) is 18.2 Å². The summed E-state index contributed by atoms with van der Waals surface area (Å²) in [6.07, 6.45) is 0. The van der Waals surface area contributed by atoms with Gasteiger partial charge in [0, 0.05) is 16.5 Å². The highest BCUT2D eigenvalue weighted by molar-refractivity contribution is 7.09. The van der Waals surface area contributed by atoms with Crippen LogP contribution in [0, 0.1) is 6.92 Å². The number of benzene rings is 1. The molecule has 0 aliphatic heterocycles. The summed E-state index contributed by atoms with van der Waals surface area (Å²) < 4.78 is 5.33. The van der Waals surface area contributed by atoms with Gasteiger partial charge in [0.05, 0.1) is 11.3 Å². The molecular formula is C16H20N2O2S. The van der Waals surface area contributed by atoms with Crippen LogP contribution in [-0.2, 0) is 16.8 Å². The number of hydrogen-bond donors (Lipinski definition) is 1. The summed E-state index contributed by atoms with van der Waals surface area (Å²) in [5, 5.41) is 2.81. The van der Waals surface area contributed by atoms with Crippen molar-refractivity contribution in [3.05, 3.63) is 45.4 Å². The first-order chi connectivity index (χ1) is 9.79. The molecule has 0 aliphatic carbocycles. The average molecular weight is 304 g/mol. The fraction of sp³-hybridized carbons (Fsp3) is 0.375. The Hall–Kier alpha value is -1.88. The van der Waals surface area contributed by atoms with Crippen LogP contribution in [0.1, 0.15) is 47.4 Å². The van der Waals surface area contributed by atoms with E-state index in [1.165, 1.54) is 11.3 Å². The number of nitrogens with zero attached hydrogens (tertiary/aromatic N) is 1. The monoisotopic (exact) mass is 304 g/mol. The molecule has 2 rings (SSSR count). The molecule has 112 valence electrons. The van der Waals surface area contributed by atoms with Crippen molar-refractivity contribution >= 4 is 23.0 Å². The van der Waals surface area contributed by atoms with Gasteiger partial charge in [-0.15, -0.1) is 11.3 Å². The van der Waals surface area contributed by atoms with E-state index in [-0.39, 0.29) is 18.0 Å². The van der Waals surface area contributed by atoms with E-state index in [0.29, 0.717) is 11.3 Å². The SMILES string of the molecule is Cc1c(N)cccc1C(=O)OCc1nc(C(C)(C)C)cs1. The Bertz CT molecular complexity index is 657. The lowest BCUT2D eigenvalue weighted by atomic mass is 9.93. The van der Waals surface area contributed by atoms with Crippen LogP contribution in [-0.4, -0.2) is 11.0 Å². The van der Waals surface area contributed by atoms with Crippen molar-refractivity contribution in [2.75, 3.05) is 5.73 Å². The van der Waals surface area contributed by atoms with Gasteiger partial charge in [0.25, 0.3) is 0 Å². The van der Waals surface area contributed by atoms with Crippen LogP contribution < -0.4 is 5.73 Å². The summed E-state index contributed by atoms with van der Waals surface area (Å²) in [6, 6.07) is 5.24. The molecular weight excluding hydrogens is 284 g/mol. The summed E-state index contributed by atoms with van der Waals surface area (Å²) in [5.74, 6) is -0.368. The minimum atomic E-state index is -0.368. The van der Waals surface area contributed by atoms with Crippen LogP contribution in [0.5, 0.6) is 0 Å². The molecule has 1 aromatic carbocycles. The highest BCUT2D eigenvalue weighted by Crippen LogP contribution is 2.24. The highest BCUT2D eigenvalue weighted by Gasteiger charge is 2.18. The first-order valence-electron chi connectivity index (χ1n) is 6.76. The van der Waals surface area contributed by atoms with Crippen LogP contribution in [0.25, 0.3) is 0 Å². The van der Waals surface area contributed by atoms with Crippen molar-refractivity contribution in [1.29, 1.82) is 0 Å². The first kappa shape index (κ1) is 15.5. The fourth-order valence-corrected chi connectivity index (χ4v) is 2.73. The van der Waals surface area contributed by atoms with Crippen LogP contribution in [0.2, 0.25) is 0 Å². The van der Waals surface area contributed by atoms with Gasteiger partial charge in [-0.3, -0.25) is 0 Å². The maximum absolute atomic E-state index is 12.1. The smallest absolute Gasteiger partial charge is 0.338 e. The number of hydrogen-bond acceptors (Lipinski definition) is 5. The second kappa shape index (κ2) is 5.85. The number of rotatable bonds is 3. The van der Waals surface area contributed by atoms with E-state index >= 15 is 0 Å². The third-order valence-corrected chi connectivity index (χ3v) is 4.06.